The summed E-state index contributed by atoms with van der Waals surface area (Å²) < 4.78 is 39.2. The molecular weight excluding hydrogens is 492 g/mol. The summed E-state index contributed by atoms with van der Waals surface area (Å²) in [5.74, 6) is 0.102. The Morgan fingerprint density at radius 2 is 1.68 bits per heavy atom. The Kier molecular flexibility index (Phi) is 7.21. The number of hydrogen-bond acceptors (Lipinski definition) is 8. The van der Waals surface area contributed by atoms with Crippen molar-refractivity contribution in [2.75, 3.05) is 7.11 Å². The van der Waals surface area contributed by atoms with Crippen LogP contribution in [0, 0.1) is 27.7 Å². The van der Waals surface area contributed by atoms with Gasteiger partial charge in [0, 0.05) is 20.3 Å². The van der Waals surface area contributed by atoms with Gasteiger partial charge in [0.1, 0.15) is 17.1 Å². The van der Waals surface area contributed by atoms with Crippen molar-refractivity contribution in [1.29, 1.82) is 0 Å². The number of nitrogens with zero attached hydrogens (tertiary/aromatic N) is 3. The van der Waals surface area contributed by atoms with Crippen LogP contribution in [0.3, 0.4) is 0 Å². The van der Waals surface area contributed by atoms with Crippen molar-refractivity contribution in [1.82, 2.24) is 19.7 Å². The molecule has 4 rings (SSSR count). The number of amides is 1. The average Bonchev–Trinajstić information content (AvgIpc) is 2.86. The van der Waals surface area contributed by atoms with Crippen molar-refractivity contribution >= 4 is 15.9 Å². The van der Waals surface area contributed by atoms with Crippen LogP contribution in [0.15, 0.2) is 66.0 Å². The summed E-state index contributed by atoms with van der Waals surface area (Å²) in [7, 11) is -2.70. The molecule has 9 nitrogen and oxygen atoms in total. The van der Waals surface area contributed by atoms with Crippen molar-refractivity contribution in [3.8, 4) is 28.6 Å². The number of sulfonamides is 1. The number of hydrogen-bond donors (Lipinski definition) is 1. The highest BCUT2D eigenvalue weighted by molar-refractivity contribution is 7.90. The van der Waals surface area contributed by atoms with Gasteiger partial charge in [-0.3, -0.25) is 9.78 Å². The molecule has 0 spiro atoms. The molecule has 4 aromatic rings. The highest BCUT2D eigenvalue weighted by Crippen LogP contribution is 2.33. The Hall–Kier alpha value is -4.31. The van der Waals surface area contributed by atoms with E-state index in [-0.39, 0.29) is 19.3 Å². The molecule has 0 atom stereocenters. The molecule has 0 fully saturated rings. The molecule has 0 unspecified atom stereocenters. The third-order valence-corrected chi connectivity index (χ3v) is 6.75. The summed E-state index contributed by atoms with van der Waals surface area (Å²) in [6.07, 6.45) is 3.16. The van der Waals surface area contributed by atoms with Gasteiger partial charge in [-0.15, -0.1) is 0 Å². The van der Waals surface area contributed by atoms with E-state index < -0.39 is 15.9 Å². The second kappa shape index (κ2) is 10.4. The fourth-order valence-corrected chi connectivity index (χ4v) is 4.82. The molecule has 0 aliphatic rings. The van der Waals surface area contributed by atoms with Gasteiger partial charge in [0.15, 0.2) is 5.03 Å². The number of pyridine rings is 3. The van der Waals surface area contributed by atoms with E-state index in [0.717, 1.165) is 16.7 Å². The van der Waals surface area contributed by atoms with Gasteiger partial charge in [0.05, 0.1) is 19.0 Å². The lowest BCUT2D eigenvalue weighted by molar-refractivity contribution is 0.0978. The van der Waals surface area contributed by atoms with E-state index in [2.05, 4.69) is 19.7 Å². The first kappa shape index (κ1) is 25.8. The first-order chi connectivity index (χ1) is 17.6. The zero-order valence-electron chi connectivity index (χ0n) is 21.1. The van der Waals surface area contributed by atoms with Crippen LogP contribution >= 0.6 is 0 Å². The van der Waals surface area contributed by atoms with Crippen LogP contribution in [-0.4, -0.2) is 36.4 Å². The van der Waals surface area contributed by atoms with Crippen LogP contribution in [-0.2, 0) is 10.0 Å². The third kappa shape index (κ3) is 5.75. The highest BCUT2D eigenvalue weighted by Gasteiger charge is 2.25. The number of nitrogens with one attached hydrogen (secondary N) is 1. The molecule has 0 aliphatic heterocycles. The minimum atomic E-state index is -4.23. The smallest absolute Gasteiger partial charge is 0.281 e. The molecule has 37 heavy (non-hydrogen) atoms. The molecule has 3 aromatic heterocycles. The molecule has 1 N–H and O–H groups in total. The molecule has 10 heteroatoms. The van der Waals surface area contributed by atoms with Gasteiger partial charge in [-0.05, 0) is 69.2 Å². The fourth-order valence-electron chi connectivity index (χ4n) is 3.84. The van der Waals surface area contributed by atoms with Gasteiger partial charge in [-0.2, -0.15) is 8.42 Å². The van der Waals surface area contributed by atoms with Gasteiger partial charge in [0.25, 0.3) is 15.9 Å². The molecule has 1 aromatic carbocycles. The minimum absolute atomic E-state index is 0. The first-order valence-electron chi connectivity index (χ1n) is 11.3. The van der Waals surface area contributed by atoms with E-state index in [1.54, 1.807) is 43.6 Å². The van der Waals surface area contributed by atoms with Gasteiger partial charge in [-0.1, -0.05) is 23.8 Å². The number of benzene rings is 1. The average molecular weight is 523 g/mol. The summed E-state index contributed by atoms with van der Waals surface area (Å²) in [6.45, 7) is 7.41. The largest absolute Gasteiger partial charge is 0.495 e. The maximum Gasteiger partial charge on any atom is 0.281 e. The summed E-state index contributed by atoms with van der Waals surface area (Å²) >= 11 is 0. The molecule has 0 saturated heterocycles. The Labute approximate surface area is 218 Å². The fraction of sp³-hybridized carbons (Fsp3) is 0.185. The van der Waals surface area contributed by atoms with E-state index in [1.165, 1.54) is 19.2 Å². The summed E-state index contributed by atoms with van der Waals surface area (Å²) in [4.78, 5) is 26.0. The first-order valence-corrected chi connectivity index (χ1v) is 12.8. The molecule has 194 valence electrons. The molecule has 0 radical (unpaired) electrons. The van der Waals surface area contributed by atoms with Crippen LogP contribution in [0.4, 0.5) is 0 Å². The molecule has 0 saturated carbocycles. The van der Waals surface area contributed by atoms with Gasteiger partial charge in [-0.25, -0.2) is 14.7 Å². The Morgan fingerprint density at radius 1 is 0.946 bits per heavy atom. The predicted octanol–water partition coefficient (Wildman–Crippen LogP) is 5.18. The number of carbonyl (C=O) groups is 1. The van der Waals surface area contributed by atoms with Crippen LogP contribution in [0.25, 0.3) is 11.3 Å². The van der Waals surface area contributed by atoms with Crippen LogP contribution < -0.4 is 14.2 Å². The second-order valence-corrected chi connectivity index (χ2v) is 10.2. The van der Waals surface area contributed by atoms with E-state index in [0.29, 0.717) is 28.5 Å². The lowest BCUT2D eigenvalue weighted by atomic mass is 10.1. The molecular formula is C27H30N4O5S. The van der Waals surface area contributed by atoms with Crippen molar-refractivity contribution in [3.63, 3.8) is 0 Å². The number of aryl methyl sites for hydroxylation is 4. The van der Waals surface area contributed by atoms with Crippen molar-refractivity contribution in [3.05, 3.63) is 88.9 Å². The van der Waals surface area contributed by atoms with Crippen molar-refractivity contribution in [2.24, 2.45) is 0 Å². The minimum Gasteiger partial charge on any atom is -0.495 e. The standard InChI is InChI=1S/C27H26N4O5S.2H2/c1-16-11-17(2)25(18(3)12-16)36-27-22(9-10-23(30-27)20-13-21(35-5)15-28-14-20)26(32)31-37(33,34)24-8-6-7-19(4)29-24;;/h6-15H,1-5H3,(H,31,32);2*1H. The Bertz CT molecular complexity index is 1590. The van der Waals surface area contributed by atoms with Gasteiger partial charge >= 0.3 is 0 Å². The maximum atomic E-state index is 13.2. The van der Waals surface area contributed by atoms with Crippen molar-refractivity contribution in [2.45, 2.75) is 32.7 Å². The maximum absolute atomic E-state index is 13.2. The Balaban J connectivity index is 0.00000267. The number of aromatic nitrogens is 3. The van der Waals surface area contributed by atoms with E-state index in [9.17, 15) is 13.2 Å². The lowest BCUT2D eigenvalue weighted by Gasteiger charge is -2.16. The highest BCUT2D eigenvalue weighted by atomic mass is 32.2. The van der Waals surface area contributed by atoms with Crippen LogP contribution in [0.1, 0.15) is 35.6 Å². The molecule has 0 aliphatic carbocycles. The van der Waals surface area contributed by atoms with E-state index in [4.69, 9.17) is 9.47 Å². The second-order valence-electron chi connectivity index (χ2n) is 8.54. The number of ether oxygens (including phenoxy) is 2. The normalized spacial score (nSPS) is 11.2. The zero-order valence-corrected chi connectivity index (χ0v) is 21.9. The monoisotopic (exact) mass is 522 g/mol. The van der Waals surface area contributed by atoms with Gasteiger partial charge in [0.2, 0.25) is 5.88 Å². The third-order valence-electron chi connectivity index (χ3n) is 5.52. The molecule has 0 bridgehead atoms. The summed E-state index contributed by atoms with van der Waals surface area (Å²) in [5, 5.41) is -0.263. The SMILES string of the molecule is COc1cncc(-c2ccc(C(=O)NS(=O)(=O)c3cccc(C)n3)c(Oc3c(C)cc(C)cc3C)n2)c1.[HH].[HH]. The number of methoxy groups -OCH3 is 1. The van der Waals surface area contributed by atoms with Crippen LogP contribution in [0.5, 0.6) is 17.4 Å². The quantitative estimate of drug-likeness (QED) is 0.352. The van der Waals surface area contributed by atoms with Crippen molar-refractivity contribution < 1.29 is 25.5 Å². The summed E-state index contributed by atoms with van der Waals surface area (Å²) in [6, 6.07) is 13.2. The van der Waals surface area contributed by atoms with E-state index >= 15 is 0 Å². The number of rotatable bonds is 7. The topological polar surface area (TPSA) is 120 Å². The van der Waals surface area contributed by atoms with E-state index in [1.807, 2.05) is 32.9 Å². The molecule has 3 heterocycles. The number of carbonyl (C=O) groups excluding carboxylic acids is 1. The molecule has 1 amide bonds. The predicted molar refractivity (Wildman–Crippen MR) is 143 cm³/mol. The van der Waals surface area contributed by atoms with Gasteiger partial charge < -0.3 is 9.47 Å². The Morgan fingerprint density at radius 3 is 2.35 bits per heavy atom. The summed E-state index contributed by atoms with van der Waals surface area (Å²) in [5.41, 5.74) is 4.28. The lowest BCUT2D eigenvalue weighted by Crippen LogP contribution is -2.31. The van der Waals surface area contributed by atoms with Crippen LogP contribution in [0.2, 0.25) is 0 Å². The zero-order chi connectivity index (χ0) is 26.7.